The molecule has 0 saturated heterocycles. The zero-order valence-electron chi connectivity index (χ0n) is 51.8. The van der Waals surface area contributed by atoms with Crippen molar-refractivity contribution in [2.45, 2.75) is 112 Å². The molecule has 0 saturated carbocycles. The number of esters is 2. The van der Waals surface area contributed by atoms with E-state index >= 15 is 0 Å². The van der Waals surface area contributed by atoms with Gasteiger partial charge in [-0.3, -0.25) is 30.9 Å². The second-order valence-corrected chi connectivity index (χ2v) is 23.8. The number of aliphatic hydroxyl groups excluding tert-OH is 1. The van der Waals surface area contributed by atoms with Crippen LogP contribution in [0.5, 0.6) is 23.0 Å². The average Bonchev–Trinajstić information content (AvgIpc) is 2.16. The molecular formula is C68H82N6O12. The van der Waals surface area contributed by atoms with Gasteiger partial charge in [0, 0.05) is 42.2 Å². The quantitative estimate of drug-likeness (QED) is 0.0215. The SMILES string of the molecule is CC(C)(C)c1ccc(N)cc1O.CC(C)(C)c1ccc(N2C(=O)c3ccccc3C2=O)cc1O.CCO.COc1cc(N)ccc1C(C)(C)C.COc1cc(N2C(=O)c3ccccc3C2=O)ccc1C(C)(C)C.NN.O=C1OC(=O)c2ccccc21. The van der Waals surface area contributed by atoms with Crippen LogP contribution < -0.4 is 42.4 Å². The van der Waals surface area contributed by atoms with Crippen molar-refractivity contribution in [1.29, 1.82) is 0 Å². The Hall–Kier alpha value is -9.36. The van der Waals surface area contributed by atoms with E-state index in [1.165, 1.54) is 16.5 Å². The monoisotopic (exact) mass is 1170 g/mol. The number of carbonyl (C=O) groups excluding carboxylic acids is 6. The number of hydrogen-bond acceptors (Lipinski definition) is 16. The van der Waals surface area contributed by atoms with Crippen LogP contribution in [0.1, 0.15) is 174 Å². The van der Waals surface area contributed by atoms with Crippen molar-refractivity contribution in [2.75, 3.05) is 42.1 Å². The number of hydrogen-bond donors (Lipinski definition) is 7. The number of nitrogens with zero attached hydrogens (tertiary/aromatic N) is 2. The molecule has 0 aromatic heterocycles. The summed E-state index contributed by atoms with van der Waals surface area (Å²) in [6.07, 6.45) is 0. The number of nitrogens with two attached hydrogens (primary N) is 4. The van der Waals surface area contributed by atoms with Crippen LogP contribution in [0.3, 0.4) is 0 Å². The van der Waals surface area contributed by atoms with Crippen LogP contribution in [-0.2, 0) is 26.4 Å². The zero-order chi connectivity index (χ0) is 64.8. The number of aliphatic hydroxyl groups is 1. The minimum Gasteiger partial charge on any atom is -0.508 e. The molecule has 0 radical (unpaired) electrons. The lowest BCUT2D eigenvalue weighted by atomic mass is 9.86. The molecule has 0 aliphatic carbocycles. The lowest BCUT2D eigenvalue weighted by Crippen LogP contribution is -2.29. The number of methoxy groups -OCH3 is 2. The molecular weight excluding hydrogens is 1090 g/mol. The first-order valence-corrected chi connectivity index (χ1v) is 27.5. The molecule has 10 rings (SSSR count). The molecule has 86 heavy (non-hydrogen) atoms. The molecule has 0 fully saturated rings. The largest absolute Gasteiger partial charge is 0.508 e. The lowest BCUT2D eigenvalue weighted by Gasteiger charge is -2.24. The van der Waals surface area contributed by atoms with Crippen molar-refractivity contribution in [2.24, 2.45) is 11.7 Å². The second-order valence-electron chi connectivity index (χ2n) is 23.8. The highest BCUT2D eigenvalue weighted by molar-refractivity contribution is 6.35. The van der Waals surface area contributed by atoms with E-state index in [1.807, 2.05) is 51.1 Å². The van der Waals surface area contributed by atoms with E-state index < -0.39 is 11.9 Å². The van der Waals surface area contributed by atoms with Gasteiger partial charge in [0.15, 0.2) is 0 Å². The van der Waals surface area contributed by atoms with Gasteiger partial charge in [-0.05, 0) is 112 Å². The van der Waals surface area contributed by atoms with Gasteiger partial charge in [0.05, 0.1) is 59.0 Å². The molecule has 18 nitrogen and oxygen atoms in total. The van der Waals surface area contributed by atoms with Crippen LogP contribution in [0.25, 0.3) is 0 Å². The third-order valence-electron chi connectivity index (χ3n) is 13.3. The van der Waals surface area contributed by atoms with Gasteiger partial charge in [-0.15, -0.1) is 0 Å². The Kier molecular flexibility index (Phi) is 23.3. The van der Waals surface area contributed by atoms with Crippen LogP contribution in [0.4, 0.5) is 22.7 Å². The summed E-state index contributed by atoms with van der Waals surface area (Å²) in [6.45, 7) is 26.8. The Morgan fingerprint density at radius 1 is 0.407 bits per heavy atom. The van der Waals surface area contributed by atoms with Crippen molar-refractivity contribution in [3.8, 4) is 23.0 Å². The normalized spacial score (nSPS) is 13.0. The second kappa shape index (κ2) is 29.0. The minimum absolute atomic E-state index is 0.0300. The maximum absolute atomic E-state index is 12.6. The average molecular weight is 1180 g/mol. The number of fused-ring (bicyclic) bond motifs is 3. The molecule has 3 aliphatic heterocycles. The zero-order valence-corrected chi connectivity index (χ0v) is 51.8. The standard InChI is InChI=1S/C19H19NO3.C18H17NO3.C11H17NO.C10H15NO.C8H4O3.C2H6O.H4N2/c1-19(2,3)15-10-9-12(11-16(15)23-4)20-17(21)13-7-5-6-8-14(13)18(20)22;1-18(2,3)14-9-8-11(10-15(14)20)19-16(21)12-6-4-5-7-13(12)17(19)22;1-11(2,3)9-6-5-8(12)7-10(9)13-4;1-10(2,3)8-5-4-7(11)6-9(8)12;9-7-5-3-1-2-4-6(5)8(10)11-7;1-2-3;1-2/h5-11H,1-4H3;4-10,20H,1-3H3;5-7H,12H2,1-4H3;4-6,12H,11H2,1-3H3;1-4H;3H,2H2,1H3;1-2H2. The van der Waals surface area contributed by atoms with Crippen molar-refractivity contribution >= 4 is 58.3 Å². The van der Waals surface area contributed by atoms with Gasteiger partial charge < -0.3 is 41.0 Å². The van der Waals surface area contributed by atoms with E-state index in [0.717, 1.165) is 33.0 Å². The Labute approximate surface area is 504 Å². The van der Waals surface area contributed by atoms with E-state index in [9.17, 15) is 39.0 Å². The summed E-state index contributed by atoms with van der Waals surface area (Å²) in [5, 5.41) is 27.3. The fourth-order valence-electron chi connectivity index (χ4n) is 9.12. The number of benzene rings is 7. The highest BCUT2D eigenvalue weighted by atomic mass is 16.6. The van der Waals surface area contributed by atoms with Gasteiger partial charge in [-0.1, -0.05) is 144 Å². The van der Waals surface area contributed by atoms with Crippen molar-refractivity contribution in [3.63, 3.8) is 0 Å². The minimum atomic E-state index is -0.550. The molecule has 7 aromatic rings. The van der Waals surface area contributed by atoms with E-state index in [4.69, 9.17) is 26.0 Å². The lowest BCUT2D eigenvalue weighted by molar-refractivity contribution is 0.0442. The maximum atomic E-state index is 12.6. The molecule has 0 spiro atoms. The highest BCUT2D eigenvalue weighted by Crippen LogP contribution is 2.39. The van der Waals surface area contributed by atoms with Crippen LogP contribution >= 0.6 is 0 Å². The number of cyclic esters (lactones) is 2. The maximum Gasteiger partial charge on any atom is 0.346 e. The number of hydrazine groups is 1. The van der Waals surface area contributed by atoms with Crippen LogP contribution in [-0.4, -0.2) is 71.7 Å². The summed E-state index contributed by atoms with van der Waals surface area (Å²) >= 11 is 0. The fourth-order valence-corrected chi connectivity index (χ4v) is 9.12. The molecule has 0 unspecified atom stereocenters. The summed E-state index contributed by atoms with van der Waals surface area (Å²) in [7, 11) is 3.26. The predicted octanol–water partition coefficient (Wildman–Crippen LogP) is 11.9. The summed E-state index contributed by atoms with van der Waals surface area (Å²) in [5.74, 6) is 7.50. The molecule has 11 N–H and O–H groups in total. The van der Waals surface area contributed by atoms with Crippen molar-refractivity contribution < 1.29 is 58.3 Å². The van der Waals surface area contributed by atoms with Crippen LogP contribution in [0.2, 0.25) is 0 Å². The number of imide groups is 2. The Bertz CT molecular complexity index is 3480. The number of phenolic OH excluding ortho intramolecular Hbond substituents is 2. The fraction of sp³-hybridized carbons (Fsp3) is 0.294. The van der Waals surface area contributed by atoms with Gasteiger partial charge in [-0.25, -0.2) is 19.4 Å². The molecule has 4 amide bonds. The van der Waals surface area contributed by atoms with Gasteiger partial charge in [0.25, 0.3) is 23.6 Å². The molecule has 0 atom stereocenters. The van der Waals surface area contributed by atoms with Crippen LogP contribution in [0, 0.1) is 0 Å². The first-order valence-electron chi connectivity index (χ1n) is 27.5. The van der Waals surface area contributed by atoms with Gasteiger partial charge in [0.1, 0.15) is 23.0 Å². The van der Waals surface area contributed by atoms with Gasteiger partial charge >= 0.3 is 11.9 Å². The summed E-state index contributed by atoms with van der Waals surface area (Å²) in [4.78, 5) is 73.9. The van der Waals surface area contributed by atoms with Crippen LogP contribution in [0.15, 0.2) is 146 Å². The van der Waals surface area contributed by atoms with E-state index in [1.54, 1.807) is 130 Å². The van der Waals surface area contributed by atoms with Crippen molar-refractivity contribution in [1.82, 2.24) is 0 Å². The number of amides is 4. The highest BCUT2D eigenvalue weighted by Gasteiger charge is 2.38. The molecule has 3 heterocycles. The Morgan fingerprint density at radius 3 is 0.988 bits per heavy atom. The summed E-state index contributed by atoms with van der Waals surface area (Å²) < 4.78 is 15.1. The Morgan fingerprint density at radius 2 is 0.674 bits per heavy atom. The van der Waals surface area contributed by atoms with Gasteiger partial charge in [0.2, 0.25) is 0 Å². The topological polar surface area (TPSA) is 301 Å². The number of carbonyl (C=O) groups is 6. The first kappa shape index (κ1) is 69.1. The summed E-state index contributed by atoms with van der Waals surface area (Å²) in [5.41, 5.74) is 19.5. The van der Waals surface area contributed by atoms with Gasteiger partial charge in [-0.2, -0.15) is 0 Å². The molecule has 3 aliphatic rings. The summed E-state index contributed by atoms with van der Waals surface area (Å²) in [6, 6.07) is 41.6. The molecule has 0 bridgehead atoms. The first-order chi connectivity index (χ1) is 40.2. The predicted molar refractivity (Wildman–Crippen MR) is 338 cm³/mol. The third-order valence-corrected chi connectivity index (χ3v) is 13.3. The smallest absolute Gasteiger partial charge is 0.346 e. The number of ether oxygens (including phenoxy) is 3. The number of aromatic hydroxyl groups is 2. The molecule has 456 valence electrons. The number of rotatable bonds is 4. The number of anilines is 4. The third kappa shape index (κ3) is 16.7. The van der Waals surface area contributed by atoms with E-state index in [2.05, 4.69) is 78.7 Å². The van der Waals surface area contributed by atoms with Crippen molar-refractivity contribution in [3.05, 3.63) is 201 Å². The Balaban J connectivity index is 0.000000233. The van der Waals surface area contributed by atoms with E-state index in [-0.39, 0.29) is 63.4 Å². The molecule has 18 heteroatoms. The number of nitrogen functional groups attached to an aromatic ring is 2. The van der Waals surface area contributed by atoms with E-state index in [0.29, 0.717) is 56.2 Å². The molecule has 7 aromatic carbocycles. The number of phenols is 2.